The molecule has 8 heteroatoms. The lowest BCUT2D eigenvalue weighted by Gasteiger charge is -2.14. The number of benzene rings is 2. The van der Waals surface area contributed by atoms with E-state index in [1.165, 1.54) is 4.90 Å². The Hall–Kier alpha value is -3.78. The SMILES string of the molecule is O=Nc1c(O)n(CCCN2C(=O)c3ccccc3C2=O)c2cc(-c3ccsc3)ccc12. The first-order valence-electron chi connectivity index (χ1n) is 9.76. The van der Waals surface area contributed by atoms with Crippen LogP contribution in [0.25, 0.3) is 22.0 Å². The summed E-state index contributed by atoms with van der Waals surface area (Å²) in [6.07, 6.45) is 0.420. The second kappa shape index (κ2) is 7.48. The third-order valence-electron chi connectivity index (χ3n) is 5.60. The number of aromatic hydroxyl groups is 1. The number of thiophene rings is 1. The average molecular weight is 431 g/mol. The topological polar surface area (TPSA) is 92.0 Å². The van der Waals surface area contributed by atoms with Crippen LogP contribution in [0.4, 0.5) is 5.69 Å². The molecule has 0 spiro atoms. The first-order valence-corrected chi connectivity index (χ1v) is 10.7. The molecule has 0 bridgehead atoms. The molecular weight excluding hydrogens is 414 g/mol. The second-order valence-corrected chi connectivity index (χ2v) is 8.10. The van der Waals surface area contributed by atoms with Crippen LogP contribution in [0, 0.1) is 4.91 Å². The van der Waals surface area contributed by atoms with Crippen molar-refractivity contribution in [3.05, 3.63) is 75.3 Å². The molecule has 0 radical (unpaired) electrons. The van der Waals surface area contributed by atoms with E-state index in [4.69, 9.17) is 0 Å². The zero-order chi connectivity index (χ0) is 21.5. The Labute approximate surface area is 181 Å². The van der Waals surface area contributed by atoms with E-state index in [-0.39, 0.29) is 29.9 Å². The number of hydrogen-bond donors (Lipinski definition) is 1. The number of imide groups is 1. The number of rotatable bonds is 6. The molecule has 0 aliphatic carbocycles. The van der Waals surface area contributed by atoms with Gasteiger partial charge in [-0.15, -0.1) is 4.91 Å². The lowest BCUT2D eigenvalue weighted by atomic mass is 10.1. The van der Waals surface area contributed by atoms with Crippen molar-refractivity contribution in [3.8, 4) is 17.0 Å². The third-order valence-corrected chi connectivity index (χ3v) is 6.28. The Morgan fingerprint density at radius 2 is 1.68 bits per heavy atom. The van der Waals surface area contributed by atoms with Gasteiger partial charge in [0.05, 0.1) is 16.6 Å². The van der Waals surface area contributed by atoms with Gasteiger partial charge in [-0.25, -0.2) is 0 Å². The van der Waals surface area contributed by atoms with Gasteiger partial charge in [-0.1, -0.05) is 18.2 Å². The fraction of sp³-hybridized carbons (Fsp3) is 0.130. The molecule has 0 fully saturated rings. The molecule has 1 N–H and O–H groups in total. The molecule has 1 aliphatic heterocycles. The monoisotopic (exact) mass is 431 g/mol. The van der Waals surface area contributed by atoms with Gasteiger partial charge in [-0.05, 0) is 63.8 Å². The Morgan fingerprint density at radius 3 is 2.32 bits per heavy atom. The molecule has 1 aliphatic rings. The van der Waals surface area contributed by atoms with Gasteiger partial charge in [-0.3, -0.25) is 14.5 Å². The summed E-state index contributed by atoms with van der Waals surface area (Å²) in [7, 11) is 0. The fourth-order valence-corrected chi connectivity index (χ4v) is 4.74. The van der Waals surface area contributed by atoms with Crippen LogP contribution in [0.15, 0.2) is 64.5 Å². The average Bonchev–Trinajstić information content (AvgIpc) is 3.47. The molecule has 0 unspecified atom stereocenters. The summed E-state index contributed by atoms with van der Waals surface area (Å²) in [5.41, 5.74) is 3.51. The Balaban J connectivity index is 1.42. The van der Waals surface area contributed by atoms with Gasteiger partial charge in [-0.2, -0.15) is 11.3 Å². The van der Waals surface area contributed by atoms with Gasteiger partial charge < -0.3 is 9.67 Å². The van der Waals surface area contributed by atoms with Crippen LogP contribution in [-0.2, 0) is 6.54 Å². The summed E-state index contributed by atoms with van der Waals surface area (Å²) in [5.74, 6) is -0.829. The van der Waals surface area contributed by atoms with Crippen molar-refractivity contribution in [2.45, 2.75) is 13.0 Å². The predicted octanol–water partition coefficient (Wildman–Crippen LogP) is 5.16. The lowest BCUT2D eigenvalue weighted by molar-refractivity contribution is 0.0651. The third kappa shape index (κ3) is 3.03. The molecule has 0 saturated carbocycles. The summed E-state index contributed by atoms with van der Waals surface area (Å²) < 4.78 is 1.61. The van der Waals surface area contributed by atoms with Gasteiger partial charge in [0.15, 0.2) is 5.69 Å². The van der Waals surface area contributed by atoms with Crippen molar-refractivity contribution in [2.75, 3.05) is 6.54 Å². The van der Waals surface area contributed by atoms with Gasteiger partial charge in [0.1, 0.15) is 0 Å². The van der Waals surface area contributed by atoms with Crippen LogP contribution in [0.3, 0.4) is 0 Å². The van der Waals surface area contributed by atoms with Crippen molar-refractivity contribution in [3.63, 3.8) is 0 Å². The van der Waals surface area contributed by atoms with Gasteiger partial charge in [0, 0.05) is 18.5 Å². The van der Waals surface area contributed by atoms with Crippen LogP contribution in [-0.4, -0.2) is 32.9 Å². The molecule has 0 atom stereocenters. The van der Waals surface area contributed by atoms with Crippen molar-refractivity contribution in [2.24, 2.45) is 5.18 Å². The number of amides is 2. The number of hydrogen-bond acceptors (Lipinski definition) is 6. The Kier molecular flexibility index (Phi) is 4.63. The van der Waals surface area contributed by atoms with Crippen molar-refractivity contribution in [1.29, 1.82) is 0 Å². The molecule has 2 aromatic heterocycles. The Morgan fingerprint density at radius 1 is 0.935 bits per heavy atom. The van der Waals surface area contributed by atoms with Crippen LogP contribution in [0.1, 0.15) is 27.1 Å². The summed E-state index contributed by atoms with van der Waals surface area (Å²) in [6.45, 7) is 0.526. The highest BCUT2D eigenvalue weighted by Gasteiger charge is 2.34. The first-order chi connectivity index (χ1) is 15.1. The zero-order valence-electron chi connectivity index (χ0n) is 16.3. The van der Waals surface area contributed by atoms with Crippen LogP contribution in [0.2, 0.25) is 0 Å². The molecule has 4 aromatic rings. The van der Waals surface area contributed by atoms with E-state index in [2.05, 4.69) is 5.18 Å². The number of aromatic nitrogens is 1. The van der Waals surface area contributed by atoms with Crippen LogP contribution >= 0.6 is 11.3 Å². The number of nitrogens with zero attached hydrogens (tertiary/aromatic N) is 3. The summed E-state index contributed by atoms with van der Waals surface area (Å²) in [4.78, 5) is 37.7. The van der Waals surface area contributed by atoms with E-state index in [0.717, 1.165) is 11.1 Å². The predicted molar refractivity (Wildman–Crippen MR) is 119 cm³/mol. The van der Waals surface area contributed by atoms with E-state index in [1.807, 2.05) is 29.0 Å². The minimum atomic E-state index is -0.308. The van der Waals surface area contributed by atoms with Crippen LogP contribution in [0.5, 0.6) is 5.88 Å². The molecule has 2 aromatic carbocycles. The van der Waals surface area contributed by atoms with E-state index in [9.17, 15) is 19.6 Å². The molecule has 3 heterocycles. The van der Waals surface area contributed by atoms with Gasteiger partial charge >= 0.3 is 0 Å². The first kappa shape index (κ1) is 19.2. The fourth-order valence-electron chi connectivity index (χ4n) is 4.07. The highest BCUT2D eigenvalue weighted by atomic mass is 32.1. The molecule has 0 saturated heterocycles. The number of carbonyl (C=O) groups is 2. The minimum Gasteiger partial charge on any atom is -0.493 e. The molecule has 154 valence electrons. The van der Waals surface area contributed by atoms with E-state index in [1.54, 1.807) is 46.2 Å². The largest absolute Gasteiger partial charge is 0.493 e. The maximum Gasteiger partial charge on any atom is 0.261 e. The van der Waals surface area contributed by atoms with Crippen molar-refractivity contribution < 1.29 is 14.7 Å². The zero-order valence-corrected chi connectivity index (χ0v) is 17.1. The summed E-state index contributed by atoms with van der Waals surface area (Å²) in [5, 5.41) is 18.2. The standard InChI is InChI=1S/C23H17N3O4S/c27-21-16-4-1-2-5-17(16)22(28)26(21)10-3-9-25-19-12-14(15-8-11-31-13-15)6-7-18(19)20(24-30)23(25)29/h1-2,4-8,11-13,29H,3,9-10H2. The Bertz CT molecular complexity index is 1310. The maximum atomic E-state index is 12.5. The van der Waals surface area contributed by atoms with E-state index >= 15 is 0 Å². The van der Waals surface area contributed by atoms with E-state index < -0.39 is 0 Å². The number of nitroso groups, excluding NO2 is 1. The maximum absolute atomic E-state index is 12.5. The van der Waals surface area contributed by atoms with Crippen molar-refractivity contribution >= 4 is 39.7 Å². The molecule has 7 nitrogen and oxygen atoms in total. The second-order valence-electron chi connectivity index (χ2n) is 7.32. The summed E-state index contributed by atoms with van der Waals surface area (Å²) >= 11 is 1.59. The van der Waals surface area contributed by atoms with Gasteiger partial charge in [0.2, 0.25) is 5.88 Å². The number of carbonyl (C=O) groups excluding carboxylic acids is 2. The number of fused-ring (bicyclic) bond motifs is 2. The summed E-state index contributed by atoms with van der Waals surface area (Å²) in [6, 6.07) is 14.3. The molecule has 2 amide bonds. The molecule has 31 heavy (non-hydrogen) atoms. The normalized spacial score (nSPS) is 13.2. The van der Waals surface area contributed by atoms with Crippen LogP contribution < -0.4 is 0 Å². The van der Waals surface area contributed by atoms with Gasteiger partial charge in [0.25, 0.3) is 11.8 Å². The van der Waals surface area contributed by atoms with Crippen molar-refractivity contribution in [1.82, 2.24) is 9.47 Å². The number of aryl methyl sites for hydroxylation is 1. The molecule has 5 rings (SSSR count). The lowest BCUT2D eigenvalue weighted by Crippen LogP contribution is -2.31. The molecular formula is C23H17N3O4S. The highest BCUT2D eigenvalue weighted by molar-refractivity contribution is 7.08. The quantitative estimate of drug-likeness (QED) is 0.337. The van der Waals surface area contributed by atoms with E-state index in [0.29, 0.717) is 35.0 Å². The highest BCUT2D eigenvalue weighted by Crippen LogP contribution is 2.40. The minimum absolute atomic E-state index is 0.00685. The smallest absolute Gasteiger partial charge is 0.261 e.